The number of carbonyl (C=O) groups excluding carboxylic acids is 1. The third-order valence-electron chi connectivity index (χ3n) is 5.97. The fraction of sp³-hybridized carbons (Fsp3) is 0.333. The number of benzene rings is 1. The molecule has 4 heterocycles. The number of ether oxygens (including phenoxy) is 1. The molecule has 182 valence electrons. The van der Waals surface area contributed by atoms with E-state index in [1.54, 1.807) is 52.1 Å². The van der Waals surface area contributed by atoms with Crippen molar-refractivity contribution in [1.29, 1.82) is 0 Å². The number of fused-ring (bicyclic) bond motifs is 1. The van der Waals surface area contributed by atoms with Crippen molar-refractivity contribution in [2.24, 2.45) is 7.05 Å². The molecule has 0 spiro atoms. The smallest absolute Gasteiger partial charge is 0.268 e. The van der Waals surface area contributed by atoms with Crippen molar-refractivity contribution >= 4 is 28.6 Å². The Bertz CT molecular complexity index is 1330. The first kappa shape index (κ1) is 22.9. The minimum atomic E-state index is -0.288. The molecule has 1 saturated heterocycles. The van der Waals surface area contributed by atoms with Crippen LogP contribution in [0, 0.1) is 5.82 Å². The van der Waals surface area contributed by atoms with Gasteiger partial charge in [0.2, 0.25) is 5.95 Å². The molecule has 11 heteroatoms. The maximum absolute atomic E-state index is 14.1. The van der Waals surface area contributed by atoms with Crippen LogP contribution in [0.5, 0.6) is 0 Å². The van der Waals surface area contributed by atoms with Gasteiger partial charge in [-0.05, 0) is 12.1 Å². The lowest BCUT2D eigenvalue weighted by Gasteiger charge is -2.26. The Morgan fingerprint density at radius 1 is 1.20 bits per heavy atom. The Labute approximate surface area is 201 Å². The van der Waals surface area contributed by atoms with Crippen LogP contribution in [0.1, 0.15) is 16.1 Å². The summed E-state index contributed by atoms with van der Waals surface area (Å²) in [5, 5.41) is 11.2. The van der Waals surface area contributed by atoms with Gasteiger partial charge in [0, 0.05) is 51.2 Å². The van der Waals surface area contributed by atoms with Gasteiger partial charge in [-0.3, -0.25) is 9.69 Å². The SMILES string of the molecule is Cn1cc(Nc2ncc3cnn(Cc4ccccc4F)c3n2)cc1C(=O)NCCN1CCOCC1. The Morgan fingerprint density at radius 3 is 2.86 bits per heavy atom. The number of hydrogen-bond acceptors (Lipinski definition) is 7. The summed E-state index contributed by atoms with van der Waals surface area (Å²) in [6, 6.07) is 8.35. The monoisotopic (exact) mass is 478 g/mol. The first-order valence-corrected chi connectivity index (χ1v) is 11.5. The van der Waals surface area contributed by atoms with E-state index in [9.17, 15) is 9.18 Å². The third-order valence-corrected chi connectivity index (χ3v) is 5.97. The highest BCUT2D eigenvalue weighted by molar-refractivity contribution is 5.94. The molecule has 0 atom stereocenters. The van der Waals surface area contributed by atoms with Crippen LogP contribution in [0.4, 0.5) is 16.0 Å². The maximum Gasteiger partial charge on any atom is 0.268 e. The van der Waals surface area contributed by atoms with Gasteiger partial charge in [-0.25, -0.2) is 14.1 Å². The molecule has 1 aromatic carbocycles. The van der Waals surface area contributed by atoms with Crippen molar-refractivity contribution in [1.82, 2.24) is 34.5 Å². The second-order valence-corrected chi connectivity index (χ2v) is 8.43. The first-order chi connectivity index (χ1) is 17.1. The molecule has 0 unspecified atom stereocenters. The first-order valence-electron chi connectivity index (χ1n) is 11.5. The van der Waals surface area contributed by atoms with Crippen molar-refractivity contribution < 1.29 is 13.9 Å². The summed E-state index contributed by atoms with van der Waals surface area (Å²) < 4.78 is 22.8. The van der Waals surface area contributed by atoms with Crippen LogP contribution in [0.2, 0.25) is 0 Å². The maximum atomic E-state index is 14.1. The summed E-state index contributed by atoms with van der Waals surface area (Å²) in [5.41, 5.74) is 2.33. The van der Waals surface area contributed by atoms with Gasteiger partial charge in [0.25, 0.3) is 5.91 Å². The zero-order valence-corrected chi connectivity index (χ0v) is 19.4. The molecule has 5 rings (SSSR count). The number of aryl methyl sites for hydroxylation is 1. The quantitative estimate of drug-likeness (QED) is 0.400. The fourth-order valence-electron chi connectivity index (χ4n) is 4.06. The zero-order valence-electron chi connectivity index (χ0n) is 19.4. The van der Waals surface area contributed by atoms with Crippen molar-refractivity contribution in [3.05, 3.63) is 66.0 Å². The molecule has 0 aliphatic carbocycles. The van der Waals surface area contributed by atoms with Crippen molar-refractivity contribution in [2.75, 3.05) is 44.7 Å². The molecular formula is C24H27FN8O2. The van der Waals surface area contributed by atoms with Gasteiger partial charge in [0.1, 0.15) is 11.5 Å². The largest absolute Gasteiger partial charge is 0.379 e. The lowest BCUT2D eigenvalue weighted by Crippen LogP contribution is -2.41. The number of morpholine rings is 1. The topological polar surface area (TPSA) is 102 Å². The number of amides is 1. The Balaban J connectivity index is 1.25. The second-order valence-electron chi connectivity index (χ2n) is 8.43. The van der Waals surface area contributed by atoms with Crippen molar-refractivity contribution in [3.63, 3.8) is 0 Å². The lowest BCUT2D eigenvalue weighted by atomic mass is 10.2. The third kappa shape index (κ3) is 5.31. The summed E-state index contributed by atoms with van der Waals surface area (Å²) in [6.07, 6.45) is 5.13. The van der Waals surface area contributed by atoms with Gasteiger partial charge >= 0.3 is 0 Å². The molecule has 1 aliphatic heterocycles. The average Bonchev–Trinajstić information content (AvgIpc) is 3.44. The van der Waals surface area contributed by atoms with E-state index in [4.69, 9.17) is 4.74 Å². The zero-order chi connectivity index (χ0) is 24.2. The van der Waals surface area contributed by atoms with Crippen LogP contribution in [-0.2, 0) is 18.3 Å². The molecule has 10 nitrogen and oxygen atoms in total. The van der Waals surface area contributed by atoms with Crippen LogP contribution >= 0.6 is 0 Å². The lowest BCUT2D eigenvalue weighted by molar-refractivity contribution is 0.0383. The van der Waals surface area contributed by atoms with Crippen molar-refractivity contribution in [3.8, 4) is 0 Å². The normalized spacial score (nSPS) is 14.3. The molecular weight excluding hydrogens is 451 g/mol. The highest BCUT2D eigenvalue weighted by atomic mass is 19.1. The summed E-state index contributed by atoms with van der Waals surface area (Å²) in [5.74, 6) is -0.0746. The molecule has 1 fully saturated rings. The van der Waals surface area contributed by atoms with E-state index in [1.807, 2.05) is 7.05 Å². The summed E-state index contributed by atoms with van der Waals surface area (Å²) in [6.45, 7) is 4.86. The molecule has 0 bridgehead atoms. The van der Waals surface area contributed by atoms with Crippen LogP contribution in [-0.4, -0.2) is 74.5 Å². The number of rotatable bonds is 8. The van der Waals surface area contributed by atoms with E-state index >= 15 is 0 Å². The number of nitrogens with one attached hydrogen (secondary N) is 2. The number of hydrogen-bond donors (Lipinski definition) is 2. The van der Waals surface area contributed by atoms with E-state index in [1.165, 1.54) is 6.07 Å². The number of nitrogens with zero attached hydrogens (tertiary/aromatic N) is 6. The highest BCUT2D eigenvalue weighted by Crippen LogP contribution is 2.20. The second kappa shape index (κ2) is 10.2. The van der Waals surface area contributed by atoms with Crippen LogP contribution in [0.25, 0.3) is 11.0 Å². The van der Waals surface area contributed by atoms with Crippen LogP contribution < -0.4 is 10.6 Å². The van der Waals surface area contributed by atoms with E-state index in [-0.39, 0.29) is 18.3 Å². The molecule has 1 aliphatic rings. The standard InChI is InChI=1S/C24H27FN8O2/c1-31-16-19(12-21(31)23(34)26-6-7-32-8-10-35-11-9-32)29-24-27-13-18-14-28-33(22(18)30-24)15-17-4-2-3-5-20(17)25/h2-5,12-14,16H,6-11,15H2,1H3,(H,26,34)(H,27,29,30). The number of aromatic nitrogens is 5. The minimum absolute atomic E-state index is 0.145. The molecule has 4 aromatic rings. The van der Waals surface area contributed by atoms with E-state index in [2.05, 4.69) is 30.6 Å². The van der Waals surface area contributed by atoms with Gasteiger partial charge in [-0.2, -0.15) is 10.1 Å². The molecule has 0 saturated carbocycles. The van der Waals surface area contributed by atoms with E-state index in [0.29, 0.717) is 35.1 Å². The van der Waals surface area contributed by atoms with Gasteiger partial charge in [0.05, 0.1) is 37.0 Å². The average molecular weight is 479 g/mol. The predicted molar refractivity (Wildman–Crippen MR) is 129 cm³/mol. The Morgan fingerprint density at radius 2 is 2.03 bits per heavy atom. The summed E-state index contributed by atoms with van der Waals surface area (Å²) in [7, 11) is 1.82. The molecule has 35 heavy (non-hydrogen) atoms. The molecule has 2 N–H and O–H groups in total. The Hall–Kier alpha value is -3.83. The predicted octanol–water partition coefficient (Wildman–Crippen LogP) is 2.16. The molecule has 3 aromatic heterocycles. The molecule has 1 amide bonds. The van der Waals surface area contributed by atoms with Crippen LogP contribution in [0.15, 0.2) is 48.9 Å². The van der Waals surface area contributed by atoms with Gasteiger partial charge in [0.15, 0.2) is 5.65 Å². The number of halogens is 1. The fourth-order valence-corrected chi connectivity index (χ4v) is 4.06. The van der Waals surface area contributed by atoms with E-state index in [0.717, 1.165) is 38.2 Å². The Kier molecular flexibility index (Phi) is 6.68. The highest BCUT2D eigenvalue weighted by Gasteiger charge is 2.15. The summed E-state index contributed by atoms with van der Waals surface area (Å²) >= 11 is 0. The van der Waals surface area contributed by atoms with Gasteiger partial charge in [-0.1, -0.05) is 18.2 Å². The minimum Gasteiger partial charge on any atom is -0.379 e. The van der Waals surface area contributed by atoms with E-state index < -0.39 is 0 Å². The van der Waals surface area contributed by atoms with Crippen molar-refractivity contribution in [2.45, 2.75) is 6.54 Å². The van der Waals surface area contributed by atoms with Gasteiger partial charge < -0.3 is 19.9 Å². The molecule has 0 radical (unpaired) electrons. The number of anilines is 2. The van der Waals surface area contributed by atoms with Gasteiger partial charge in [-0.15, -0.1) is 0 Å². The van der Waals surface area contributed by atoms with Crippen LogP contribution in [0.3, 0.4) is 0 Å². The summed E-state index contributed by atoms with van der Waals surface area (Å²) in [4.78, 5) is 23.9. The number of carbonyl (C=O) groups is 1.